The van der Waals surface area contributed by atoms with Gasteiger partial charge in [-0.2, -0.15) is 0 Å². The van der Waals surface area contributed by atoms with Crippen molar-refractivity contribution in [3.8, 4) is 11.5 Å². The third-order valence-electron chi connectivity index (χ3n) is 4.47. The Bertz CT molecular complexity index is 1020. The Morgan fingerprint density at radius 1 is 1.30 bits per heavy atom. The highest BCUT2D eigenvalue weighted by Gasteiger charge is 2.62. The van der Waals surface area contributed by atoms with Gasteiger partial charge in [-0.15, -0.1) is 13.2 Å². The third-order valence-corrected chi connectivity index (χ3v) is 4.47. The number of nitrogens with zero attached hydrogens (tertiary/aromatic N) is 1. The van der Waals surface area contributed by atoms with Crippen LogP contribution in [0, 0.1) is 10.1 Å². The van der Waals surface area contributed by atoms with Gasteiger partial charge in [-0.25, -0.2) is 0 Å². The maximum Gasteiger partial charge on any atom is 0.573 e. The molecule has 0 saturated heterocycles. The number of nitro benzene ring substituents is 1. The molecule has 0 saturated carbocycles. The molecule has 2 atom stereocenters. The van der Waals surface area contributed by atoms with Gasteiger partial charge in [0, 0.05) is 23.4 Å². The van der Waals surface area contributed by atoms with Crippen molar-refractivity contribution in [2.24, 2.45) is 0 Å². The number of nitrogen functional groups attached to an aromatic ring is 1. The van der Waals surface area contributed by atoms with Gasteiger partial charge in [0.1, 0.15) is 23.0 Å². The largest absolute Gasteiger partial charge is 0.573 e. The Morgan fingerprint density at radius 3 is 2.63 bits per heavy atom. The van der Waals surface area contributed by atoms with Gasteiger partial charge in [0.15, 0.2) is 5.78 Å². The van der Waals surface area contributed by atoms with Crippen molar-refractivity contribution < 1.29 is 37.5 Å². The summed E-state index contributed by atoms with van der Waals surface area (Å²) in [4.78, 5) is 23.3. The van der Waals surface area contributed by atoms with Crippen LogP contribution in [0.3, 0.4) is 0 Å². The van der Waals surface area contributed by atoms with Crippen molar-refractivity contribution in [1.82, 2.24) is 0 Å². The average molecular weight is 382 g/mol. The molecule has 0 radical (unpaired) electrons. The van der Waals surface area contributed by atoms with Crippen LogP contribution in [0.4, 0.5) is 24.5 Å². The lowest BCUT2D eigenvalue weighted by Gasteiger charge is -2.22. The fraction of sp³-hybridized carbons (Fsp3) is 0.188. The molecule has 2 aromatic carbocycles. The molecule has 4 rings (SSSR count). The number of nitrogens with two attached hydrogens (primary N) is 1. The maximum atomic E-state index is 12.8. The Kier molecular flexibility index (Phi) is 3.23. The zero-order chi connectivity index (χ0) is 19.7. The Hall–Kier alpha value is -3.34. The number of ether oxygens (including phenoxy) is 2. The van der Waals surface area contributed by atoms with E-state index in [1.165, 1.54) is 6.07 Å². The zero-order valence-corrected chi connectivity index (χ0v) is 13.1. The van der Waals surface area contributed by atoms with Crippen LogP contribution in [0.5, 0.6) is 11.5 Å². The molecule has 2 aliphatic rings. The number of Topliss-reactive ketones (excluding diaryl/α,β-unsaturated/α-hetero) is 1. The molecule has 1 heterocycles. The summed E-state index contributed by atoms with van der Waals surface area (Å²) in [6, 6.07) is 5.12. The zero-order valence-electron chi connectivity index (χ0n) is 13.1. The van der Waals surface area contributed by atoms with Crippen molar-refractivity contribution in [3.63, 3.8) is 0 Å². The van der Waals surface area contributed by atoms with E-state index >= 15 is 0 Å². The second-order valence-electron chi connectivity index (χ2n) is 6.02. The minimum absolute atomic E-state index is 0.0712. The van der Waals surface area contributed by atoms with Gasteiger partial charge in [0.2, 0.25) is 0 Å². The van der Waals surface area contributed by atoms with Gasteiger partial charge in [0.25, 0.3) is 11.5 Å². The molecule has 2 unspecified atom stereocenters. The third kappa shape index (κ3) is 2.31. The van der Waals surface area contributed by atoms with Gasteiger partial charge in [-0.3, -0.25) is 14.9 Å². The molecule has 1 aliphatic heterocycles. The second kappa shape index (κ2) is 5.10. The number of halogens is 3. The van der Waals surface area contributed by atoms with Gasteiger partial charge >= 0.3 is 6.36 Å². The number of fused-ring (bicyclic) bond motifs is 5. The van der Waals surface area contributed by atoms with E-state index in [1.807, 2.05) is 0 Å². The molecule has 0 amide bonds. The minimum Gasteiger partial charge on any atom is -0.456 e. The van der Waals surface area contributed by atoms with Crippen LogP contribution in [0.1, 0.15) is 27.4 Å². The molecular weight excluding hydrogens is 373 g/mol. The number of benzene rings is 2. The molecule has 8 nitrogen and oxygen atoms in total. The molecule has 3 N–H and O–H groups in total. The van der Waals surface area contributed by atoms with E-state index in [0.717, 1.165) is 24.3 Å². The fourth-order valence-electron chi connectivity index (χ4n) is 3.52. The number of nitro groups is 1. The SMILES string of the molecule is Nc1ccc([N+](=O)[O-])c2c1C(=O)C1c3ccc(OC(F)(F)F)cc3OC21O. The summed E-state index contributed by atoms with van der Waals surface area (Å²) < 4.78 is 46.3. The molecule has 0 fully saturated rings. The summed E-state index contributed by atoms with van der Waals surface area (Å²) in [7, 11) is 0. The molecule has 0 aromatic heterocycles. The van der Waals surface area contributed by atoms with E-state index in [4.69, 9.17) is 10.5 Å². The van der Waals surface area contributed by atoms with Crippen molar-refractivity contribution in [2.45, 2.75) is 18.1 Å². The number of aliphatic hydroxyl groups is 1. The molecule has 0 bridgehead atoms. The normalized spacial score (nSPS) is 22.7. The lowest BCUT2D eigenvalue weighted by atomic mass is 9.92. The number of rotatable bonds is 2. The molecule has 2 aromatic rings. The Labute approximate surface area is 148 Å². The Morgan fingerprint density at radius 2 is 2.00 bits per heavy atom. The van der Waals surface area contributed by atoms with Crippen molar-refractivity contribution in [3.05, 3.63) is 57.1 Å². The van der Waals surface area contributed by atoms with E-state index in [1.54, 1.807) is 0 Å². The van der Waals surface area contributed by atoms with Crippen LogP contribution < -0.4 is 15.2 Å². The number of alkyl halides is 3. The van der Waals surface area contributed by atoms with E-state index in [0.29, 0.717) is 0 Å². The van der Waals surface area contributed by atoms with Gasteiger partial charge in [0.05, 0.1) is 10.5 Å². The summed E-state index contributed by atoms with van der Waals surface area (Å²) >= 11 is 0. The standard InChI is InChI=1S/C16H9F3N2O6/c17-16(18,19)26-6-1-2-7-10(5-6)27-15(23)12(7)14(22)11-8(20)3-4-9(13(11)15)21(24)25/h1-5,12,23H,20H2. The summed E-state index contributed by atoms with van der Waals surface area (Å²) in [6.07, 6.45) is -4.95. The van der Waals surface area contributed by atoms with Gasteiger partial charge in [-0.1, -0.05) is 6.07 Å². The molecule has 0 spiro atoms. The fourth-order valence-corrected chi connectivity index (χ4v) is 3.52. The van der Waals surface area contributed by atoms with Crippen molar-refractivity contribution in [2.75, 3.05) is 5.73 Å². The number of hydrogen-bond acceptors (Lipinski definition) is 7. The Balaban J connectivity index is 1.87. The first-order valence-electron chi connectivity index (χ1n) is 7.45. The lowest BCUT2D eigenvalue weighted by molar-refractivity contribution is -0.387. The number of anilines is 1. The maximum absolute atomic E-state index is 12.8. The van der Waals surface area contributed by atoms with Crippen LogP contribution in [0.2, 0.25) is 0 Å². The molecule has 11 heteroatoms. The first-order chi connectivity index (χ1) is 12.5. The number of carbonyl (C=O) groups excluding carboxylic acids is 1. The van der Waals surface area contributed by atoms with E-state index in [9.17, 15) is 33.2 Å². The lowest BCUT2D eigenvalue weighted by Crippen LogP contribution is -2.33. The van der Waals surface area contributed by atoms with E-state index in [2.05, 4.69) is 4.74 Å². The summed E-state index contributed by atoms with van der Waals surface area (Å²) in [6.45, 7) is 0. The highest BCUT2D eigenvalue weighted by atomic mass is 19.4. The van der Waals surface area contributed by atoms with E-state index < -0.39 is 45.8 Å². The summed E-state index contributed by atoms with van der Waals surface area (Å²) in [5.41, 5.74) is 4.50. The molecule has 1 aliphatic carbocycles. The predicted octanol–water partition coefficient (Wildman–Crippen LogP) is 2.59. The molecular formula is C16H9F3N2O6. The predicted molar refractivity (Wildman–Crippen MR) is 82.2 cm³/mol. The first-order valence-corrected chi connectivity index (χ1v) is 7.45. The topological polar surface area (TPSA) is 125 Å². The van der Waals surface area contributed by atoms with Crippen LogP contribution in [-0.2, 0) is 5.79 Å². The summed E-state index contributed by atoms with van der Waals surface area (Å²) in [5, 5.41) is 22.3. The van der Waals surface area contributed by atoms with E-state index in [-0.39, 0.29) is 22.6 Å². The minimum atomic E-state index is -4.95. The van der Waals surface area contributed by atoms with Gasteiger partial charge < -0.3 is 20.3 Å². The molecule has 27 heavy (non-hydrogen) atoms. The second-order valence-corrected chi connectivity index (χ2v) is 6.02. The first kappa shape index (κ1) is 17.1. The number of ketones is 1. The summed E-state index contributed by atoms with van der Waals surface area (Å²) in [5.74, 6) is -5.45. The van der Waals surface area contributed by atoms with Crippen molar-refractivity contribution >= 4 is 17.2 Å². The number of carbonyl (C=O) groups is 1. The van der Waals surface area contributed by atoms with Crippen molar-refractivity contribution in [1.29, 1.82) is 0 Å². The van der Waals surface area contributed by atoms with Gasteiger partial charge in [-0.05, 0) is 12.1 Å². The van der Waals surface area contributed by atoms with Crippen LogP contribution in [0.15, 0.2) is 30.3 Å². The highest BCUT2D eigenvalue weighted by Crippen LogP contribution is 2.59. The number of hydrogen-bond donors (Lipinski definition) is 2. The quantitative estimate of drug-likeness (QED) is 0.465. The highest BCUT2D eigenvalue weighted by molar-refractivity contribution is 6.12. The van der Waals surface area contributed by atoms with Crippen LogP contribution >= 0.6 is 0 Å². The van der Waals surface area contributed by atoms with Crippen LogP contribution in [-0.4, -0.2) is 22.2 Å². The smallest absolute Gasteiger partial charge is 0.456 e. The average Bonchev–Trinajstić information content (AvgIpc) is 2.95. The van der Waals surface area contributed by atoms with Crippen LogP contribution in [0.25, 0.3) is 0 Å². The molecule has 140 valence electrons. The monoisotopic (exact) mass is 382 g/mol.